The molecule has 0 saturated carbocycles. The maximum absolute atomic E-state index is 12.8. The number of nitrogens with one attached hydrogen (secondary N) is 1. The molecule has 24 heavy (non-hydrogen) atoms. The molecule has 0 bridgehead atoms. The zero-order chi connectivity index (χ0) is 17.5. The molecule has 2 aliphatic rings. The van der Waals surface area contributed by atoms with Crippen LogP contribution in [0, 0.1) is 11.3 Å². The molecule has 1 heterocycles. The number of benzene rings is 1. The summed E-state index contributed by atoms with van der Waals surface area (Å²) in [5, 5.41) is 12.6. The second kappa shape index (κ2) is 5.82. The standard InChI is InChI=1S/C18H15F3N2O/c1-10-13(9-22)16(17-14(23-10)3-2-4-15(17)24)11-5-7-12(8-6-11)18(19,20)21/h5-8,16,23H,2-4H2,1H3/t16-/m1/s1. The number of rotatable bonds is 1. The number of dihydropyridines is 1. The number of halogens is 3. The van der Waals surface area contributed by atoms with Gasteiger partial charge >= 0.3 is 6.18 Å². The van der Waals surface area contributed by atoms with Crippen LogP contribution in [0.1, 0.15) is 43.2 Å². The quantitative estimate of drug-likeness (QED) is 0.839. The third kappa shape index (κ3) is 2.71. The SMILES string of the molecule is CC1=C(C#N)[C@@H](c2ccc(C(F)(F)F)cc2)C2=C(CCCC2=O)N1. The number of carbonyl (C=O) groups excluding carboxylic acids is 1. The van der Waals surface area contributed by atoms with E-state index in [0.717, 1.165) is 24.3 Å². The van der Waals surface area contributed by atoms with Gasteiger partial charge in [-0.1, -0.05) is 12.1 Å². The molecule has 1 aliphatic heterocycles. The fourth-order valence-electron chi connectivity index (χ4n) is 3.33. The van der Waals surface area contributed by atoms with E-state index in [-0.39, 0.29) is 5.78 Å². The molecular weight excluding hydrogens is 317 g/mol. The summed E-state index contributed by atoms with van der Waals surface area (Å²) >= 11 is 0. The first-order valence-electron chi connectivity index (χ1n) is 7.64. The Hall–Kier alpha value is -2.55. The first-order valence-corrected chi connectivity index (χ1v) is 7.64. The van der Waals surface area contributed by atoms with Crippen molar-refractivity contribution in [3.63, 3.8) is 0 Å². The Morgan fingerprint density at radius 2 is 1.88 bits per heavy atom. The van der Waals surface area contributed by atoms with E-state index in [1.807, 2.05) is 0 Å². The molecule has 1 N–H and O–H groups in total. The highest BCUT2D eigenvalue weighted by Gasteiger charge is 2.36. The highest BCUT2D eigenvalue weighted by atomic mass is 19.4. The molecular formula is C18H15F3N2O. The molecule has 3 nitrogen and oxygen atoms in total. The van der Waals surface area contributed by atoms with Gasteiger partial charge in [-0.2, -0.15) is 18.4 Å². The van der Waals surface area contributed by atoms with Crippen molar-refractivity contribution in [3.8, 4) is 6.07 Å². The lowest BCUT2D eigenvalue weighted by molar-refractivity contribution is -0.137. The van der Waals surface area contributed by atoms with Crippen molar-refractivity contribution in [2.45, 2.75) is 38.3 Å². The van der Waals surface area contributed by atoms with E-state index in [9.17, 15) is 23.2 Å². The van der Waals surface area contributed by atoms with Gasteiger partial charge in [0.25, 0.3) is 0 Å². The summed E-state index contributed by atoms with van der Waals surface area (Å²) < 4.78 is 38.3. The molecule has 1 aromatic carbocycles. The Morgan fingerprint density at radius 1 is 1.21 bits per heavy atom. The summed E-state index contributed by atoms with van der Waals surface area (Å²) in [6.45, 7) is 1.75. The summed E-state index contributed by atoms with van der Waals surface area (Å²) in [6.07, 6.45) is -2.58. The van der Waals surface area contributed by atoms with Gasteiger partial charge in [-0.3, -0.25) is 4.79 Å². The summed E-state index contributed by atoms with van der Waals surface area (Å²) in [7, 11) is 0. The number of hydrogen-bond donors (Lipinski definition) is 1. The summed E-state index contributed by atoms with van der Waals surface area (Å²) in [6, 6.07) is 6.81. The lowest BCUT2D eigenvalue weighted by Gasteiger charge is -2.32. The Labute approximate surface area is 137 Å². The predicted molar refractivity (Wildman–Crippen MR) is 81.5 cm³/mol. The third-order valence-corrected chi connectivity index (χ3v) is 4.47. The first kappa shape index (κ1) is 16.3. The van der Waals surface area contributed by atoms with Gasteiger partial charge in [0.2, 0.25) is 0 Å². The smallest absolute Gasteiger partial charge is 0.361 e. The van der Waals surface area contributed by atoms with Crippen LogP contribution in [0.25, 0.3) is 0 Å². The lowest BCUT2D eigenvalue weighted by Crippen LogP contribution is -2.31. The van der Waals surface area contributed by atoms with Crippen molar-refractivity contribution in [3.05, 3.63) is 57.9 Å². The monoisotopic (exact) mass is 332 g/mol. The van der Waals surface area contributed by atoms with Crippen LogP contribution in [-0.2, 0) is 11.0 Å². The fraction of sp³-hybridized carbons (Fsp3) is 0.333. The van der Waals surface area contributed by atoms with Crippen molar-refractivity contribution in [2.75, 3.05) is 0 Å². The molecule has 0 spiro atoms. The van der Waals surface area contributed by atoms with Crippen LogP contribution < -0.4 is 5.32 Å². The van der Waals surface area contributed by atoms with E-state index in [1.165, 1.54) is 12.1 Å². The van der Waals surface area contributed by atoms with Gasteiger partial charge in [-0.05, 0) is 37.5 Å². The van der Waals surface area contributed by atoms with Crippen LogP contribution in [-0.4, -0.2) is 5.78 Å². The third-order valence-electron chi connectivity index (χ3n) is 4.47. The lowest BCUT2D eigenvalue weighted by atomic mass is 9.75. The number of carbonyl (C=O) groups is 1. The zero-order valence-electron chi connectivity index (χ0n) is 13.0. The van der Waals surface area contributed by atoms with Crippen LogP contribution >= 0.6 is 0 Å². The molecule has 3 rings (SSSR count). The molecule has 124 valence electrons. The van der Waals surface area contributed by atoms with Crippen molar-refractivity contribution in [1.82, 2.24) is 5.32 Å². The zero-order valence-corrected chi connectivity index (χ0v) is 13.0. The molecule has 0 amide bonds. The van der Waals surface area contributed by atoms with Gasteiger partial charge in [-0.15, -0.1) is 0 Å². The van der Waals surface area contributed by atoms with Crippen LogP contribution in [0.5, 0.6) is 0 Å². The topological polar surface area (TPSA) is 52.9 Å². The summed E-state index contributed by atoms with van der Waals surface area (Å²) in [4.78, 5) is 12.4. The predicted octanol–water partition coefficient (Wildman–Crippen LogP) is 4.20. The van der Waals surface area contributed by atoms with Gasteiger partial charge in [0.05, 0.1) is 23.1 Å². The summed E-state index contributed by atoms with van der Waals surface area (Å²) in [5.41, 5.74) is 2.11. The number of allylic oxidation sites excluding steroid dienone is 4. The number of nitrogens with zero attached hydrogens (tertiary/aromatic N) is 1. The van der Waals surface area contributed by atoms with Crippen LogP contribution in [0.4, 0.5) is 13.2 Å². The Kier molecular flexibility index (Phi) is 3.96. The number of Topliss-reactive ketones (excluding diaryl/α,β-unsaturated/α-hetero) is 1. The molecule has 0 saturated heterocycles. The van der Waals surface area contributed by atoms with E-state index in [0.29, 0.717) is 35.2 Å². The average molecular weight is 332 g/mol. The van der Waals surface area contributed by atoms with Gasteiger partial charge in [0.15, 0.2) is 5.78 Å². The highest BCUT2D eigenvalue weighted by Crippen LogP contribution is 2.42. The minimum atomic E-state index is -4.42. The van der Waals surface area contributed by atoms with E-state index in [2.05, 4.69) is 11.4 Å². The van der Waals surface area contributed by atoms with Gasteiger partial charge < -0.3 is 5.32 Å². The number of hydrogen-bond acceptors (Lipinski definition) is 3. The van der Waals surface area contributed by atoms with E-state index in [4.69, 9.17) is 0 Å². The Balaban J connectivity index is 2.11. The van der Waals surface area contributed by atoms with Crippen molar-refractivity contribution >= 4 is 5.78 Å². The molecule has 0 unspecified atom stereocenters. The van der Waals surface area contributed by atoms with Gasteiger partial charge in [-0.25, -0.2) is 0 Å². The minimum absolute atomic E-state index is 0.0473. The number of alkyl halides is 3. The molecule has 0 radical (unpaired) electrons. The van der Waals surface area contributed by atoms with Crippen LogP contribution in [0.3, 0.4) is 0 Å². The number of ketones is 1. The van der Waals surface area contributed by atoms with Crippen LogP contribution in [0.15, 0.2) is 46.8 Å². The molecule has 0 fully saturated rings. The highest BCUT2D eigenvalue weighted by molar-refractivity contribution is 5.99. The van der Waals surface area contributed by atoms with Gasteiger partial charge in [0, 0.05) is 23.4 Å². The Bertz CT molecular complexity index is 795. The second-order valence-electron chi connectivity index (χ2n) is 6.00. The maximum Gasteiger partial charge on any atom is 0.416 e. The first-order chi connectivity index (χ1) is 11.3. The second-order valence-corrected chi connectivity index (χ2v) is 6.00. The van der Waals surface area contributed by atoms with E-state index < -0.39 is 17.7 Å². The van der Waals surface area contributed by atoms with Crippen LogP contribution in [0.2, 0.25) is 0 Å². The molecule has 6 heteroatoms. The normalized spacial score (nSPS) is 21.3. The minimum Gasteiger partial charge on any atom is -0.361 e. The fourth-order valence-corrected chi connectivity index (χ4v) is 3.33. The van der Waals surface area contributed by atoms with E-state index in [1.54, 1.807) is 6.92 Å². The van der Waals surface area contributed by atoms with Gasteiger partial charge in [0.1, 0.15) is 0 Å². The Morgan fingerprint density at radius 3 is 2.46 bits per heavy atom. The maximum atomic E-state index is 12.8. The number of nitriles is 1. The molecule has 1 aliphatic carbocycles. The largest absolute Gasteiger partial charge is 0.416 e. The molecule has 1 atom stereocenters. The summed E-state index contributed by atoms with van der Waals surface area (Å²) in [5.74, 6) is -0.643. The molecule has 0 aromatic heterocycles. The van der Waals surface area contributed by atoms with Crippen molar-refractivity contribution in [1.29, 1.82) is 5.26 Å². The van der Waals surface area contributed by atoms with Crippen molar-refractivity contribution < 1.29 is 18.0 Å². The van der Waals surface area contributed by atoms with E-state index >= 15 is 0 Å². The average Bonchev–Trinajstić information content (AvgIpc) is 2.53. The van der Waals surface area contributed by atoms with Crippen molar-refractivity contribution in [2.24, 2.45) is 0 Å². The molecule has 1 aromatic rings.